The molecule has 0 amide bonds. The second kappa shape index (κ2) is 6.00. The number of aryl methyl sites for hydroxylation is 1. The molecular weight excluding hydrogens is 226 g/mol. The molecule has 0 saturated carbocycles. The third-order valence-corrected chi connectivity index (χ3v) is 2.46. The van der Waals surface area contributed by atoms with Gasteiger partial charge in [-0.25, -0.2) is 9.97 Å². The van der Waals surface area contributed by atoms with Crippen molar-refractivity contribution in [2.75, 3.05) is 11.9 Å². The van der Waals surface area contributed by atoms with E-state index in [9.17, 15) is 0 Å². The molecule has 0 saturated heterocycles. The third kappa shape index (κ3) is 3.73. The first kappa shape index (κ1) is 12.4. The van der Waals surface area contributed by atoms with Crippen molar-refractivity contribution >= 4 is 5.95 Å². The van der Waals surface area contributed by atoms with Gasteiger partial charge in [0.1, 0.15) is 12.4 Å². The number of nitrogens with one attached hydrogen (secondary N) is 1. The van der Waals surface area contributed by atoms with E-state index in [1.54, 1.807) is 18.5 Å². The van der Waals surface area contributed by atoms with Gasteiger partial charge < -0.3 is 10.1 Å². The Morgan fingerprint density at radius 2 is 1.83 bits per heavy atom. The minimum Gasteiger partial charge on any atom is -0.491 e. The Labute approximate surface area is 107 Å². The molecule has 1 atom stereocenters. The van der Waals surface area contributed by atoms with Crippen LogP contribution in [0.1, 0.15) is 12.5 Å². The molecule has 0 aliphatic carbocycles. The van der Waals surface area contributed by atoms with Gasteiger partial charge in [0.25, 0.3) is 0 Å². The van der Waals surface area contributed by atoms with Crippen molar-refractivity contribution in [3.63, 3.8) is 0 Å². The van der Waals surface area contributed by atoms with Gasteiger partial charge in [0.05, 0.1) is 6.04 Å². The van der Waals surface area contributed by atoms with Crippen molar-refractivity contribution in [2.45, 2.75) is 19.9 Å². The van der Waals surface area contributed by atoms with E-state index >= 15 is 0 Å². The maximum absolute atomic E-state index is 5.68. The number of anilines is 1. The van der Waals surface area contributed by atoms with Gasteiger partial charge in [-0.2, -0.15) is 0 Å². The fraction of sp³-hybridized carbons (Fsp3) is 0.286. The van der Waals surface area contributed by atoms with Gasteiger partial charge in [-0.15, -0.1) is 0 Å². The maximum atomic E-state index is 5.68. The van der Waals surface area contributed by atoms with Crippen molar-refractivity contribution in [1.82, 2.24) is 9.97 Å². The average molecular weight is 243 g/mol. The quantitative estimate of drug-likeness (QED) is 0.877. The Kier molecular flexibility index (Phi) is 4.12. The van der Waals surface area contributed by atoms with E-state index in [-0.39, 0.29) is 6.04 Å². The third-order valence-electron chi connectivity index (χ3n) is 2.46. The maximum Gasteiger partial charge on any atom is 0.222 e. The summed E-state index contributed by atoms with van der Waals surface area (Å²) < 4.78 is 5.68. The molecule has 94 valence electrons. The number of hydrogen-bond acceptors (Lipinski definition) is 4. The molecule has 0 radical (unpaired) electrons. The molecule has 1 aromatic carbocycles. The van der Waals surface area contributed by atoms with Crippen LogP contribution in [0.3, 0.4) is 0 Å². The minimum absolute atomic E-state index is 0.147. The van der Waals surface area contributed by atoms with Gasteiger partial charge in [-0.05, 0) is 32.0 Å². The van der Waals surface area contributed by atoms with Crippen LogP contribution in [0.4, 0.5) is 5.95 Å². The first-order chi connectivity index (χ1) is 8.74. The van der Waals surface area contributed by atoms with Gasteiger partial charge in [0.15, 0.2) is 0 Å². The SMILES string of the molecule is Cc1ccc(OCC(C)Nc2ncccn2)cc1. The Morgan fingerprint density at radius 3 is 2.50 bits per heavy atom. The van der Waals surface area contributed by atoms with Crippen LogP contribution in [0, 0.1) is 6.92 Å². The highest BCUT2D eigenvalue weighted by Gasteiger charge is 2.04. The predicted molar refractivity (Wildman–Crippen MR) is 71.8 cm³/mol. The molecule has 2 rings (SSSR count). The summed E-state index contributed by atoms with van der Waals surface area (Å²) in [4.78, 5) is 8.22. The number of nitrogens with zero attached hydrogens (tertiary/aromatic N) is 2. The number of benzene rings is 1. The Morgan fingerprint density at radius 1 is 1.17 bits per heavy atom. The zero-order valence-electron chi connectivity index (χ0n) is 10.6. The molecular formula is C14H17N3O. The highest BCUT2D eigenvalue weighted by Crippen LogP contribution is 2.12. The van der Waals surface area contributed by atoms with Crippen LogP contribution in [-0.2, 0) is 0 Å². The van der Waals surface area contributed by atoms with E-state index in [1.165, 1.54) is 5.56 Å². The lowest BCUT2D eigenvalue weighted by Crippen LogP contribution is -2.24. The summed E-state index contributed by atoms with van der Waals surface area (Å²) in [6.45, 7) is 4.66. The van der Waals surface area contributed by atoms with Crippen LogP contribution >= 0.6 is 0 Å². The second-order valence-corrected chi connectivity index (χ2v) is 4.24. The Hall–Kier alpha value is -2.10. The summed E-state index contributed by atoms with van der Waals surface area (Å²) in [5, 5.41) is 3.18. The van der Waals surface area contributed by atoms with E-state index in [1.807, 2.05) is 31.2 Å². The van der Waals surface area contributed by atoms with E-state index in [4.69, 9.17) is 4.74 Å². The fourth-order valence-electron chi connectivity index (χ4n) is 1.49. The summed E-state index contributed by atoms with van der Waals surface area (Å²) in [6.07, 6.45) is 3.42. The highest BCUT2D eigenvalue weighted by molar-refractivity contribution is 5.27. The molecule has 1 aromatic heterocycles. The van der Waals surface area contributed by atoms with Crippen LogP contribution in [0.15, 0.2) is 42.7 Å². The van der Waals surface area contributed by atoms with Gasteiger partial charge >= 0.3 is 0 Å². The molecule has 18 heavy (non-hydrogen) atoms. The Bertz CT molecular complexity index is 470. The van der Waals surface area contributed by atoms with Crippen molar-refractivity contribution in [2.24, 2.45) is 0 Å². The molecule has 0 bridgehead atoms. The summed E-state index contributed by atoms with van der Waals surface area (Å²) in [6, 6.07) is 9.95. The van der Waals surface area contributed by atoms with Crippen LogP contribution in [0.25, 0.3) is 0 Å². The van der Waals surface area contributed by atoms with E-state index in [0.717, 1.165) is 5.75 Å². The molecule has 1 unspecified atom stereocenters. The first-order valence-electron chi connectivity index (χ1n) is 5.97. The number of aromatic nitrogens is 2. The molecule has 0 fully saturated rings. The number of hydrogen-bond donors (Lipinski definition) is 1. The van der Waals surface area contributed by atoms with Crippen molar-refractivity contribution < 1.29 is 4.74 Å². The second-order valence-electron chi connectivity index (χ2n) is 4.24. The van der Waals surface area contributed by atoms with Crippen LogP contribution in [-0.4, -0.2) is 22.6 Å². The number of ether oxygens (including phenoxy) is 1. The summed E-state index contributed by atoms with van der Waals surface area (Å²) in [5.41, 5.74) is 1.23. The van der Waals surface area contributed by atoms with Crippen LogP contribution in [0.5, 0.6) is 5.75 Å². The zero-order valence-corrected chi connectivity index (χ0v) is 10.6. The average Bonchev–Trinajstić information content (AvgIpc) is 2.39. The van der Waals surface area contributed by atoms with E-state index in [0.29, 0.717) is 12.6 Å². The molecule has 1 heterocycles. The van der Waals surface area contributed by atoms with E-state index in [2.05, 4.69) is 22.2 Å². The Balaban J connectivity index is 1.81. The van der Waals surface area contributed by atoms with Crippen molar-refractivity contribution in [3.8, 4) is 5.75 Å². The normalized spacial score (nSPS) is 11.9. The monoisotopic (exact) mass is 243 g/mol. The minimum atomic E-state index is 0.147. The van der Waals surface area contributed by atoms with Crippen LogP contribution in [0.2, 0.25) is 0 Å². The summed E-state index contributed by atoms with van der Waals surface area (Å²) in [7, 11) is 0. The lowest BCUT2D eigenvalue weighted by atomic mass is 10.2. The topological polar surface area (TPSA) is 47.0 Å². The number of rotatable bonds is 5. The molecule has 0 aliphatic heterocycles. The van der Waals surface area contributed by atoms with Crippen LogP contribution < -0.4 is 10.1 Å². The molecule has 0 spiro atoms. The fourth-order valence-corrected chi connectivity index (χ4v) is 1.49. The van der Waals surface area contributed by atoms with Gasteiger partial charge in [-0.1, -0.05) is 17.7 Å². The molecule has 0 aliphatic rings. The molecule has 4 nitrogen and oxygen atoms in total. The van der Waals surface area contributed by atoms with Gasteiger partial charge in [0.2, 0.25) is 5.95 Å². The standard InChI is InChI=1S/C14H17N3O/c1-11-4-6-13(7-5-11)18-10-12(2)17-14-15-8-3-9-16-14/h3-9,12H,10H2,1-2H3,(H,15,16,17). The first-order valence-corrected chi connectivity index (χ1v) is 5.97. The van der Waals surface area contributed by atoms with E-state index < -0.39 is 0 Å². The van der Waals surface area contributed by atoms with Crippen molar-refractivity contribution in [3.05, 3.63) is 48.3 Å². The molecule has 2 aromatic rings. The van der Waals surface area contributed by atoms with Crippen molar-refractivity contribution in [1.29, 1.82) is 0 Å². The lowest BCUT2D eigenvalue weighted by molar-refractivity contribution is 0.303. The smallest absolute Gasteiger partial charge is 0.222 e. The summed E-state index contributed by atoms with van der Waals surface area (Å²) >= 11 is 0. The van der Waals surface area contributed by atoms with Gasteiger partial charge in [0, 0.05) is 12.4 Å². The van der Waals surface area contributed by atoms with Gasteiger partial charge in [-0.3, -0.25) is 0 Å². The largest absolute Gasteiger partial charge is 0.491 e. The summed E-state index contributed by atoms with van der Waals surface area (Å²) in [5.74, 6) is 1.50. The highest BCUT2D eigenvalue weighted by atomic mass is 16.5. The zero-order chi connectivity index (χ0) is 12.8. The lowest BCUT2D eigenvalue weighted by Gasteiger charge is -2.14. The molecule has 4 heteroatoms. The molecule has 1 N–H and O–H groups in total. The predicted octanol–water partition coefficient (Wildman–Crippen LogP) is 2.66.